The Labute approximate surface area is 260 Å². The Balaban J connectivity index is 1.10. The van der Waals surface area contributed by atoms with Gasteiger partial charge in [0.1, 0.15) is 9.57 Å². The standard InChI is InChI=1S/C33H31N3O5S2/c37-29-20-28(43-33(42)34-18-6-1-7-19-34)31(39)35(29)25-16-14-24(15-17-25)32(40)41-21-30(38)36-26-10-4-2-8-22(26)12-13-23-9-3-5-11-27(23)36/h2-5,8-11,14-17,28H,1,6-7,12-13,18-21H2/t28-/m1/s1. The average molecular weight is 614 g/mol. The number of thiocarbonyl (C=S) groups is 1. The highest BCUT2D eigenvalue weighted by Crippen LogP contribution is 2.36. The van der Waals surface area contributed by atoms with E-state index in [0.29, 0.717) is 10.0 Å². The van der Waals surface area contributed by atoms with Crippen molar-refractivity contribution in [1.82, 2.24) is 4.90 Å². The van der Waals surface area contributed by atoms with E-state index in [0.717, 1.165) is 66.2 Å². The fraction of sp³-hybridized carbons (Fsp3) is 0.303. The minimum absolute atomic E-state index is 0.0755. The second-order valence-corrected chi connectivity index (χ2v) is 12.6. The SMILES string of the molecule is O=C(OCC(=O)N1c2ccccc2CCc2ccccc21)c1ccc(N2C(=O)C[C@@H](SC(=S)N3CCCCC3)C2=O)cc1. The molecule has 220 valence electrons. The van der Waals surface area contributed by atoms with Crippen molar-refractivity contribution in [3.63, 3.8) is 0 Å². The number of piperidine rings is 1. The summed E-state index contributed by atoms with van der Waals surface area (Å²) in [5.41, 5.74) is 4.26. The summed E-state index contributed by atoms with van der Waals surface area (Å²) in [5, 5.41) is -0.563. The van der Waals surface area contributed by atoms with Gasteiger partial charge in [0.2, 0.25) is 11.8 Å². The van der Waals surface area contributed by atoms with Crippen LogP contribution in [0.5, 0.6) is 0 Å². The van der Waals surface area contributed by atoms with Crippen LogP contribution < -0.4 is 9.80 Å². The number of rotatable bonds is 5. The Kier molecular flexibility index (Phi) is 8.58. The molecular weight excluding hydrogens is 583 g/mol. The highest BCUT2D eigenvalue weighted by Gasteiger charge is 2.41. The van der Waals surface area contributed by atoms with Crippen molar-refractivity contribution in [2.75, 3.05) is 29.5 Å². The maximum atomic E-state index is 13.5. The minimum atomic E-state index is -0.671. The highest BCUT2D eigenvalue weighted by molar-refractivity contribution is 8.23. The van der Waals surface area contributed by atoms with E-state index >= 15 is 0 Å². The molecule has 0 aliphatic carbocycles. The molecule has 0 spiro atoms. The van der Waals surface area contributed by atoms with Gasteiger partial charge in [-0.15, -0.1) is 0 Å². The summed E-state index contributed by atoms with van der Waals surface area (Å²) in [4.78, 5) is 57.2. The first-order valence-electron chi connectivity index (χ1n) is 14.5. The molecule has 3 aliphatic rings. The summed E-state index contributed by atoms with van der Waals surface area (Å²) >= 11 is 6.84. The molecule has 0 radical (unpaired) electrons. The third-order valence-corrected chi connectivity index (χ3v) is 9.69. The number of carbonyl (C=O) groups is 4. The van der Waals surface area contributed by atoms with Gasteiger partial charge in [-0.2, -0.15) is 0 Å². The van der Waals surface area contributed by atoms with E-state index < -0.39 is 17.8 Å². The van der Waals surface area contributed by atoms with Gasteiger partial charge in [0, 0.05) is 19.5 Å². The number of para-hydroxylation sites is 2. The molecule has 0 N–H and O–H groups in total. The van der Waals surface area contributed by atoms with E-state index in [1.807, 2.05) is 48.5 Å². The van der Waals surface area contributed by atoms with Crippen molar-refractivity contribution in [2.24, 2.45) is 0 Å². The van der Waals surface area contributed by atoms with Gasteiger partial charge < -0.3 is 9.64 Å². The van der Waals surface area contributed by atoms with Crippen LogP contribution in [0.1, 0.15) is 47.2 Å². The summed E-state index contributed by atoms with van der Waals surface area (Å²) < 4.78 is 6.10. The van der Waals surface area contributed by atoms with Crippen molar-refractivity contribution in [3.05, 3.63) is 89.5 Å². The molecule has 8 nitrogen and oxygen atoms in total. The third kappa shape index (κ3) is 6.07. The summed E-state index contributed by atoms with van der Waals surface area (Å²) in [6, 6.07) is 21.6. The smallest absolute Gasteiger partial charge is 0.338 e. The number of likely N-dealkylation sites (tertiary alicyclic amines) is 1. The third-order valence-electron chi connectivity index (χ3n) is 8.03. The zero-order valence-corrected chi connectivity index (χ0v) is 25.2. The quantitative estimate of drug-likeness (QED) is 0.214. The van der Waals surface area contributed by atoms with Crippen molar-refractivity contribution >= 4 is 69.1 Å². The van der Waals surface area contributed by atoms with E-state index in [9.17, 15) is 19.2 Å². The second kappa shape index (κ2) is 12.7. The molecule has 0 unspecified atom stereocenters. The van der Waals surface area contributed by atoms with Crippen LogP contribution in [0, 0.1) is 0 Å². The molecule has 43 heavy (non-hydrogen) atoms. The van der Waals surface area contributed by atoms with E-state index in [1.54, 1.807) is 17.0 Å². The van der Waals surface area contributed by atoms with Crippen molar-refractivity contribution < 1.29 is 23.9 Å². The molecule has 10 heteroatoms. The van der Waals surface area contributed by atoms with Crippen molar-refractivity contribution in [2.45, 2.75) is 43.8 Å². The number of aryl methyl sites for hydroxylation is 2. The molecular formula is C33H31N3O5S2. The first kappa shape index (κ1) is 29.1. The van der Waals surface area contributed by atoms with Crippen LogP contribution in [-0.2, 0) is 32.0 Å². The Bertz CT molecular complexity index is 1540. The number of amides is 3. The number of ether oxygens (including phenoxy) is 1. The van der Waals surface area contributed by atoms with E-state index in [1.165, 1.54) is 30.3 Å². The second-order valence-electron chi connectivity index (χ2n) is 10.8. The molecule has 0 aromatic heterocycles. The number of imide groups is 1. The van der Waals surface area contributed by atoms with Crippen LogP contribution in [-0.4, -0.2) is 57.9 Å². The zero-order chi connectivity index (χ0) is 29.9. The van der Waals surface area contributed by atoms with Gasteiger partial charge in [0.15, 0.2) is 6.61 Å². The molecule has 2 fully saturated rings. The predicted octanol–water partition coefficient (Wildman–Crippen LogP) is 5.44. The molecule has 2 saturated heterocycles. The molecule has 3 amide bonds. The highest BCUT2D eigenvalue weighted by atomic mass is 32.2. The first-order chi connectivity index (χ1) is 20.9. The Morgan fingerprint density at radius 2 is 1.44 bits per heavy atom. The normalized spacial score (nSPS) is 18.1. The van der Waals surface area contributed by atoms with Gasteiger partial charge in [-0.3, -0.25) is 19.3 Å². The first-order valence-corrected chi connectivity index (χ1v) is 15.8. The van der Waals surface area contributed by atoms with Gasteiger partial charge in [0.25, 0.3) is 5.91 Å². The Morgan fingerprint density at radius 3 is 2.07 bits per heavy atom. The Hall–Kier alpha value is -4.02. The lowest BCUT2D eigenvalue weighted by Gasteiger charge is -2.29. The summed E-state index contributed by atoms with van der Waals surface area (Å²) in [6.45, 7) is 1.32. The number of esters is 1. The van der Waals surface area contributed by atoms with E-state index in [2.05, 4.69) is 4.90 Å². The fourth-order valence-electron chi connectivity index (χ4n) is 5.81. The lowest BCUT2D eigenvalue weighted by molar-refractivity contribution is -0.122. The van der Waals surface area contributed by atoms with Crippen LogP contribution in [0.4, 0.5) is 17.1 Å². The molecule has 0 saturated carbocycles. The predicted molar refractivity (Wildman–Crippen MR) is 171 cm³/mol. The summed E-state index contributed by atoms with van der Waals surface area (Å²) in [5.74, 6) is -1.64. The van der Waals surface area contributed by atoms with Crippen LogP contribution in [0.25, 0.3) is 0 Å². The maximum absolute atomic E-state index is 13.5. The molecule has 3 aliphatic heterocycles. The monoisotopic (exact) mass is 613 g/mol. The molecule has 3 aromatic rings. The summed E-state index contributed by atoms with van der Waals surface area (Å²) in [6.07, 6.45) is 5.01. The fourth-order valence-corrected chi connectivity index (χ4v) is 7.35. The zero-order valence-electron chi connectivity index (χ0n) is 23.6. The van der Waals surface area contributed by atoms with Crippen molar-refractivity contribution in [3.8, 4) is 0 Å². The number of anilines is 3. The van der Waals surface area contributed by atoms with Gasteiger partial charge in [-0.05, 0) is 79.6 Å². The number of nitrogens with zero attached hydrogens (tertiary/aromatic N) is 3. The van der Waals surface area contributed by atoms with E-state index in [4.69, 9.17) is 17.0 Å². The molecule has 3 heterocycles. The largest absolute Gasteiger partial charge is 0.452 e. The maximum Gasteiger partial charge on any atom is 0.338 e. The topological polar surface area (TPSA) is 87.2 Å². The number of benzene rings is 3. The van der Waals surface area contributed by atoms with Gasteiger partial charge in [-0.25, -0.2) is 9.69 Å². The van der Waals surface area contributed by atoms with Gasteiger partial charge >= 0.3 is 5.97 Å². The van der Waals surface area contributed by atoms with E-state index in [-0.39, 0.29) is 29.7 Å². The number of hydrogen-bond acceptors (Lipinski definition) is 7. The molecule has 6 rings (SSSR count). The lowest BCUT2D eigenvalue weighted by Crippen LogP contribution is -2.35. The number of hydrogen-bond donors (Lipinski definition) is 0. The average Bonchev–Trinajstić information content (AvgIpc) is 3.21. The molecule has 0 bridgehead atoms. The number of fused-ring (bicyclic) bond motifs is 2. The summed E-state index contributed by atoms with van der Waals surface area (Å²) in [7, 11) is 0. The lowest BCUT2D eigenvalue weighted by atomic mass is 10.0. The van der Waals surface area contributed by atoms with Gasteiger partial charge in [-0.1, -0.05) is 60.4 Å². The Morgan fingerprint density at radius 1 is 0.837 bits per heavy atom. The van der Waals surface area contributed by atoms with Crippen LogP contribution >= 0.6 is 24.0 Å². The molecule has 3 aromatic carbocycles. The van der Waals surface area contributed by atoms with Crippen molar-refractivity contribution in [1.29, 1.82) is 0 Å². The molecule has 1 atom stereocenters. The van der Waals surface area contributed by atoms with Crippen LogP contribution in [0.2, 0.25) is 0 Å². The van der Waals surface area contributed by atoms with Crippen LogP contribution in [0.3, 0.4) is 0 Å². The van der Waals surface area contributed by atoms with Gasteiger partial charge in [0.05, 0.1) is 22.6 Å². The minimum Gasteiger partial charge on any atom is -0.452 e. The van der Waals surface area contributed by atoms with Crippen LogP contribution in [0.15, 0.2) is 72.8 Å². The number of thioether (sulfide) groups is 1. The number of carbonyl (C=O) groups excluding carboxylic acids is 4.